The lowest BCUT2D eigenvalue weighted by Crippen LogP contribution is -2.15. The quantitative estimate of drug-likeness (QED) is 0.631. The highest BCUT2D eigenvalue weighted by Crippen LogP contribution is 2.27. The third-order valence-corrected chi connectivity index (χ3v) is 3.77. The summed E-state index contributed by atoms with van der Waals surface area (Å²) in [7, 11) is 0. The van der Waals surface area contributed by atoms with Crippen LogP contribution in [0.4, 0.5) is 17.1 Å². The van der Waals surface area contributed by atoms with E-state index in [1.807, 2.05) is 0 Å². The summed E-state index contributed by atoms with van der Waals surface area (Å²) < 4.78 is 0. The second-order valence-corrected chi connectivity index (χ2v) is 5.50. The summed E-state index contributed by atoms with van der Waals surface area (Å²) in [4.78, 5) is 32.2. The molecule has 2 aromatic rings. The van der Waals surface area contributed by atoms with Crippen molar-refractivity contribution in [3.63, 3.8) is 0 Å². The van der Waals surface area contributed by atoms with Crippen molar-refractivity contribution < 1.29 is 14.6 Å². The topological polar surface area (TPSA) is 115 Å². The number of nitro groups is 2. The maximum Gasteiger partial charge on any atom is 0.279 e. The van der Waals surface area contributed by atoms with Crippen molar-refractivity contribution in [2.45, 2.75) is 6.42 Å². The number of nitrogens with one attached hydrogen (secondary N) is 1. The van der Waals surface area contributed by atoms with Crippen molar-refractivity contribution in [3.8, 4) is 0 Å². The van der Waals surface area contributed by atoms with Gasteiger partial charge in [0.1, 0.15) is 0 Å². The van der Waals surface area contributed by atoms with E-state index in [1.54, 1.807) is 0 Å². The van der Waals surface area contributed by atoms with E-state index in [2.05, 4.69) is 5.32 Å². The number of amides is 1. The van der Waals surface area contributed by atoms with E-state index in [9.17, 15) is 25.0 Å². The molecule has 8 nitrogen and oxygen atoms in total. The van der Waals surface area contributed by atoms with Gasteiger partial charge in [-0.3, -0.25) is 25.0 Å². The molecule has 0 aliphatic carbocycles. The normalized spacial score (nSPS) is 10.2. The zero-order chi connectivity index (χ0) is 17.9. The molecule has 0 saturated carbocycles. The fraction of sp³-hybridized carbons (Fsp3) is 0.0714. The molecule has 124 valence electrons. The predicted molar refractivity (Wildman–Crippen MR) is 88.5 cm³/mol. The number of carbonyl (C=O) groups is 1. The molecule has 0 spiro atoms. The zero-order valence-electron chi connectivity index (χ0n) is 11.9. The molecular formula is C14H9Cl2N3O5. The van der Waals surface area contributed by atoms with Gasteiger partial charge >= 0.3 is 0 Å². The van der Waals surface area contributed by atoms with E-state index in [0.29, 0.717) is 10.7 Å². The molecule has 0 saturated heterocycles. The number of hydrogen-bond acceptors (Lipinski definition) is 5. The maximum absolute atomic E-state index is 12.0. The summed E-state index contributed by atoms with van der Waals surface area (Å²) in [6.07, 6.45) is -0.325. The summed E-state index contributed by atoms with van der Waals surface area (Å²) in [5.41, 5.74) is -0.481. The highest BCUT2D eigenvalue weighted by Gasteiger charge is 2.21. The van der Waals surface area contributed by atoms with Crippen LogP contribution >= 0.6 is 23.2 Å². The predicted octanol–water partition coefficient (Wildman–Crippen LogP) is 3.99. The first kappa shape index (κ1) is 17.6. The summed E-state index contributed by atoms with van der Waals surface area (Å²) in [5, 5.41) is 24.8. The summed E-state index contributed by atoms with van der Waals surface area (Å²) >= 11 is 11.6. The average Bonchev–Trinajstić information content (AvgIpc) is 2.50. The Balaban J connectivity index is 2.20. The molecule has 2 aromatic carbocycles. The van der Waals surface area contributed by atoms with E-state index in [-0.39, 0.29) is 17.0 Å². The SMILES string of the molecule is O=C(Cc1ccc([N+](=O)[O-])cc1[N+](=O)[O-])Nc1ccc(Cl)c(Cl)c1. The summed E-state index contributed by atoms with van der Waals surface area (Å²) in [6.45, 7) is 0. The molecule has 0 unspecified atom stereocenters. The van der Waals surface area contributed by atoms with E-state index in [4.69, 9.17) is 23.2 Å². The van der Waals surface area contributed by atoms with Crippen LogP contribution in [0, 0.1) is 20.2 Å². The third kappa shape index (κ3) is 4.18. The van der Waals surface area contributed by atoms with Crippen LogP contribution in [-0.4, -0.2) is 15.8 Å². The van der Waals surface area contributed by atoms with Gasteiger partial charge in [-0.1, -0.05) is 23.2 Å². The van der Waals surface area contributed by atoms with Gasteiger partial charge in [-0.15, -0.1) is 0 Å². The van der Waals surface area contributed by atoms with Gasteiger partial charge in [-0.25, -0.2) is 0 Å². The van der Waals surface area contributed by atoms with Crippen LogP contribution in [0.15, 0.2) is 36.4 Å². The third-order valence-electron chi connectivity index (χ3n) is 3.03. The van der Waals surface area contributed by atoms with Crippen LogP contribution in [0.5, 0.6) is 0 Å². The highest BCUT2D eigenvalue weighted by atomic mass is 35.5. The minimum Gasteiger partial charge on any atom is -0.326 e. The Morgan fingerprint density at radius 3 is 2.29 bits per heavy atom. The van der Waals surface area contributed by atoms with Gasteiger partial charge in [0.2, 0.25) is 5.91 Å². The van der Waals surface area contributed by atoms with Crippen molar-refractivity contribution in [3.05, 3.63) is 72.2 Å². The minimum atomic E-state index is -0.769. The minimum absolute atomic E-state index is 0.0585. The molecule has 1 amide bonds. The Labute approximate surface area is 145 Å². The average molecular weight is 370 g/mol. The van der Waals surface area contributed by atoms with Crippen molar-refractivity contribution in [1.82, 2.24) is 0 Å². The number of anilines is 1. The van der Waals surface area contributed by atoms with Crippen molar-refractivity contribution in [1.29, 1.82) is 0 Å². The number of non-ortho nitro benzene ring substituents is 1. The van der Waals surface area contributed by atoms with Crippen LogP contribution in [0.25, 0.3) is 0 Å². The smallest absolute Gasteiger partial charge is 0.279 e. The molecule has 0 bridgehead atoms. The monoisotopic (exact) mass is 369 g/mol. The molecule has 1 N–H and O–H groups in total. The number of nitrogens with zero attached hydrogens (tertiary/aromatic N) is 2. The van der Waals surface area contributed by atoms with Gasteiger partial charge in [-0.05, 0) is 24.3 Å². The van der Waals surface area contributed by atoms with E-state index < -0.39 is 27.1 Å². The van der Waals surface area contributed by atoms with Crippen molar-refractivity contribution >= 4 is 46.2 Å². The van der Waals surface area contributed by atoms with Gasteiger partial charge in [0.05, 0.1) is 32.4 Å². The molecule has 0 atom stereocenters. The first-order chi connectivity index (χ1) is 11.3. The number of hydrogen-bond donors (Lipinski definition) is 1. The largest absolute Gasteiger partial charge is 0.326 e. The summed E-state index contributed by atoms with van der Waals surface area (Å²) in [5.74, 6) is -0.537. The molecule has 0 aliphatic heterocycles. The number of nitro benzene ring substituents is 2. The maximum atomic E-state index is 12.0. The number of rotatable bonds is 5. The fourth-order valence-corrected chi connectivity index (χ4v) is 2.24. The van der Waals surface area contributed by atoms with Crippen LogP contribution in [0.1, 0.15) is 5.56 Å². The zero-order valence-corrected chi connectivity index (χ0v) is 13.4. The van der Waals surface area contributed by atoms with Gasteiger partial charge in [0.15, 0.2) is 0 Å². The van der Waals surface area contributed by atoms with Crippen LogP contribution < -0.4 is 5.32 Å². The Hall–Kier alpha value is -2.71. The van der Waals surface area contributed by atoms with Crippen LogP contribution in [0.2, 0.25) is 10.0 Å². The van der Waals surface area contributed by atoms with Gasteiger partial charge in [0, 0.05) is 17.3 Å². The van der Waals surface area contributed by atoms with Gasteiger partial charge < -0.3 is 5.32 Å². The fourth-order valence-electron chi connectivity index (χ4n) is 1.94. The van der Waals surface area contributed by atoms with Crippen molar-refractivity contribution in [2.75, 3.05) is 5.32 Å². The van der Waals surface area contributed by atoms with E-state index >= 15 is 0 Å². The molecule has 10 heteroatoms. The lowest BCUT2D eigenvalue weighted by Gasteiger charge is -2.07. The number of halogens is 2. The van der Waals surface area contributed by atoms with Crippen molar-refractivity contribution in [2.24, 2.45) is 0 Å². The van der Waals surface area contributed by atoms with Crippen LogP contribution in [-0.2, 0) is 11.2 Å². The molecule has 2 rings (SSSR count). The molecule has 0 radical (unpaired) electrons. The second kappa shape index (κ2) is 7.24. The first-order valence-corrected chi connectivity index (χ1v) is 7.20. The summed E-state index contributed by atoms with van der Waals surface area (Å²) in [6, 6.07) is 7.57. The Kier molecular flexibility index (Phi) is 5.32. The molecule has 0 fully saturated rings. The number of carbonyl (C=O) groups excluding carboxylic acids is 1. The molecule has 24 heavy (non-hydrogen) atoms. The molecular weight excluding hydrogens is 361 g/mol. The van der Waals surface area contributed by atoms with Gasteiger partial charge in [0.25, 0.3) is 11.4 Å². The van der Waals surface area contributed by atoms with E-state index in [0.717, 1.165) is 12.1 Å². The Bertz CT molecular complexity index is 841. The lowest BCUT2D eigenvalue weighted by molar-refractivity contribution is -0.394. The Morgan fingerprint density at radius 2 is 1.71 bits per heavy atom. The standard InChI is InChI=1S/C14H9Cl2N3O5/c15-11-4-2-9(6-12(11)16)17-14(20)5-8-1-3-10(18(21)22)7-13(8)19(23)24/h1-4,6-7H,5H2,(H,17,20). The highest BCUT2D eigenvalue weighted by molar-refractivity contribution is 6.42. The lowest BCUT2D eigenvalue weighted by atomic mass is 10.1. The number of benzene rings is 2. The van der Waals surface area contributed by atoms with Crippen LogP contribution in [0.3, 0.4) is 0 Å². The molecule has 0 aromatic heterocycles. The second-order valence-electron chi connectivity index (χ2n) is 4.68. The van der Waals surface area contributed by atoms with E-state index in [1.165, 1.54) is 24.3 Å². The molecule has 0 aliphatic rings. The molecule has 0 heterocycles. The first-order valence-electron chi connectivity index (χ1n) is 6.44. The van der Waals surface area contributed by atoms with Gasteiger partial charge in [-0.2, -0.15) is 0 Å². The Morgan fingerprint density at radius 1 is 1.00 bits per heavy atom.